The van der Waals surface area contributed by atoms with Crippen LogP contribution in [0.1, 0.15) is 35.1 Å². The first kappa shape index (κ1) is 13.4. The summed E-state index contributed by atoms with van der Waals surface area (Å²) in [5.41, 5.74) is 4.10. The predicted octanol–water partition coefficient (Wildman–Crippen LogP) is 1.42. The molecule has 5 heteroatoms. The number of nitrogens with zero attached hydrogens (tertiary/aromatic N) is 3. The van der Waals surface area contributed by atoms with Crippen molar-refractivity contribution < 1.29 is 9.53 Å². The minimum atomic E-state index is 0.0620. The highest BCUT2D eigenvalue weighted by Crippen LogP contribution is 2.27. The number of carbonyl (C=O) groups is 1. The number of fused-ring (bicyclic) bond motifs is 1. The molecule has 1 fully saturated rings. The summed E-state index contributed by atoms with van der Waals surface area (Å²) in [4.78, 5) is 14.5. The summed E-state index contributed by atoms with van der Waals surface area (Å²) >= 11 is 0. The van der Waals surface area contributed by atoms with Crippen molar-refractivity contribution in [2.24, 2.45) is 0 Å². The number of hydrogen-bond donors (Lipinski definition) is 0. The normalized spacial score (nSPS) is 18.1. The summed E-state index contributed by atoms with van der Waals surface area (Å²) in [5, 5.41) is 4.57. The van der Waals surface area contributed by atoms with Gasteiger partial charge in [-0.25, -0.2) is 0 Å². The average molecular weight is 275 g/mol. The molecule has 2 aliphatic rings. The molecular formula is C15H21N3O2. The summed E-state index contributed by atoms with van der Waals surface area (Å²) in [7, 11) is 0. The van der Waals surface area contributed by atoms with Crippen LogP contribution in [0.3, 0.4) is 0 Å². The molecule has 1 aromatic heterocycles. The molecule has 0 unspecified atom stereocenters. The molecule has 5 nitrogen and oxygen atoms in total. The minimum absolute atomic E-state index is 0.0620. The van der Waals surface area contributed by atoms with Crippen molar-refractivity contribution in [3.63, 3.8) is 0 Å². The third kappa shape index (κ3) is 2.38. The number of morpholine rings is 1. The van der Waals surface area contributed by atoms with Crippen LogP contribution in [0.25, 0.3) is 0 Å². The van der Waals surface area contributed by atoms with E-state index < -0.39 is 0 Å². The van der Waals surface area contributed by atoms with Gasteiger partial charge in [0, 0.05) is 24.3 Å². The van der Waals surface area contributed by atoms with Crippen molar-refractivity contribution in [2.75, 3.05) is 26.3 Å². The number of allylic oxidation sites excluding steroid dienone is 1. The van der Waals surface area contributed by atoms with Crippen LogP contribution in [0.4, 0.5) is 0 Å². The van der Waals surface area contributed by atoms with E-state index in [9.17, 15) is 4.79 Å². The van der Waals surface area contributed by atoms with Gasteiger partial charge in [-0.1, -0.05) is 12.2 Å². The first-order chi connectivity index (χ1) is 9.66. The Labute approximate surface area is 119 Å². The SMILES string of the molecule is C=C(C)Cn1nc(C(=O)N2CCOCC2)c2c1CCC2. The summed E-state index contributed by atoms with van der Waals surface area (Å²) in [5.74, 6) is 0.0620. The average Bonchev–Trinajstić information content (AvgIpc) is 3.02. The van der Waals surface area contributed by atoms with E-state index in [2.05, 4.69) is 11.7 Å². The van der Waals surface area contributed by atoms with Gasteiger partial charge in [0.15, 0.2) is 5.69 Å². The molecule has 0 spiro atoms. The molecule has 3 rings (SSSR count). The zero-order chi connectivity index (χ0) is 14.1. The molecule has 0 radical (unpaired) electrons. The second-order valence-corrected chi connectivity index (χ2v) is 5.65. The summed E-state index contributed by atoms with van der Waals surface area (Å²) < 4.78 is 7.28. The van der Waals surface area contributed by atoms with Gasteiger partial charge < -0.3 is 9.64 Å². The van der Waals surface area contributed by atoms with Crippen molar-refractivity contribution >= 4 is 5.91 Å². The molecule has 0 N–H and O–H groups in total. The fraction of sp³-hybridized carbons (Fsp3) is 0.600. The maximum Gasteiger partial charge on any atom is 0.274 e. The number of hydrogen-bond acceptors (Lipinski definition) is 3. The second-order valence-electron chi connectivity index (χ2n) is 5.65. The van der Waals surface area contributed by atoms with Crippen LogP contribution in [0, 0.1) is 0 Å². The number of amides is 1. The topological polar surface area (TPSA) is 47.4 Å². The number of ether oxygens (including phenoxy) is 1. The highest BCUT2D eigenvalue weighted by molar-refractivity contribution is 5.94. The van der Waals surface area contributed by atoms with Crippen LogP contribution in [-0.2, 0) is 24.1 Å². The lowest BCUT2D eigenvalue weighted by Crippen LogP contribution is -2.41. The molecule has 108 valence electrons. The van der Waals surface area contributed by atoms with Crippen LogP contribution in [-0.4, -0.2) is 46.9 Å². The van der Waals surface area contributed by atoms with E-state index in [4.69, 9.17) is 4.74 Å². The first-order valence-corrected chi connectivity index (χ1v) is 7.27. The van der Waals surface area contributed by atoms with Crippen LogP contribution in [0.5, 0.6) is 0 Å². The van der Waals surface area contributed by atoms with Crippen molar-refractivity contribution in [1.82, 2.24) is 14.7 Å². The quantitative estimate of drug-likeness (QED) is 0.784. The Kier molecular flexibility index (Phi) is 3.61. The highest BCUT2D eigenvalue weighted by Gasteiger charge is 2.29. The summed E-state index contributed by atoms with van der Waals surface area (Å²) in [6, 6.07) is 0. The van der Waals surface area contributed by atoms with Gasteiger partial charge in [0.05, 0.1) is 19.8 Å². The molecule has 20 heavy (non-hydrogen) atoms. The van der Waals surface area contributed by atoms with Crippen molar-refractivity contribution in [1.29, 1.82) is 0 Å². The van der Waals surface area contributed by atoms with E-state index in [1.165, 1.54) is 5.69 Å². The van der Waals surface area contributed by atoms with E-state index >= 15 is 0 Å². The minimum Gasteiger partial charge on any atom is -0.378 e. The van der Waals surface area contributed by atoms with Gasteiger partial charge in [0.2, 0.25) is 0 Å². The lowest BCUT2D eigenvalue weighted by Gasteiger charge is -2.26. The van der Waals surface area contributed by atoms with Gasteiger partial charge in [-0.05, 0) is 26.2 Å². The fourth-order valence-electron chi connectivity index (χ4n) is 2.98. The lowest BCUT2D eigenvalue weighted by atomic mass is 10.2. The zero-order valence-corrected chi connectivity index (χ0v) is 12.0. The molecule has 1 aliphatic heterocycles. The van der Waals surface area contributed by atoms with Crippen molar-refractivity contribution in [2.45, 2.75) is 32.7 Å². The van der Waals surface area contributed by atoms with Crippen LogP contribution in [0.15, 0.2) is 12.2 Å². The Balaban J connectivity index is 1.89. The van der Waals surface area contributed by atoms with Crippen LogP contribution in [0.2, 0.25) is 0 Å². The number of rotatable bonds is 3. The molecule has 1 aromatic rings. The predicted molar refractivity (Wildman–Crippen MR) is 75.8 cm³/mol. The molecule has 2 heterocycles. The molecule has 1 saturated heterocycles. The van der Waals surface area contributed by atoms with Crippen molar-refractivity contribution in [3.05, 3.63) is 29.1 Å². The van der Waals surface area contributed by atoms with Gasteiger partial charge in [-0.2, -0.15) is 5.10 Å². The molecule has 1 aliphatic carbocycles. The van der Waals surface area contributed by atoms with E-state index in [0.29, 0.717) is 38.5 Å². The van der Waals surface area contributed by atoms with Gasteiger partial charge >= 0.3 is 0 Å². The molecular weight excluding hydrogens is 254 g/mol. The molecule has 0 atom stereocenters. The Hall–Kier alpha value is -1.62. The lowest BCUT2D eigenvalue weighted by molar-refractivity contribution is 0.0298. The standard InChI is InChI=1S/C15H21N3O2/c1-11(2)10-18-13-5-3-4-12(13)14(16-18)15(19)17-6-8-20-9-7-17/h1,3-10H2,2H3. The Bertz CT molecular complexity index is 542. The Morgan fingerprint density at radius 2 is 2.10 bits per heavy atom. The number of carbonyl (C=O) groups excluding carboxylic acids is 1. The maximum atomic E-state index is 12.6. The van der Waals surface area contributed by atoms with Crippen LogP contribution >= 0.6 is 0 Å². The van der Waals surface area contributed by atoms with E-state index in [-0.39, 0.29) is 5.91 Å². The van der Waals surface area contributed by atoms with Crippen LogP contribution < -0.4 is 0 Å². The molecule has 0 aromatic carbocycles. The van der Waals surface area contributed by atoms with Gasteiger partial charge in [-0.15, -0.1) is 0 Å². The van der Waals surface area contributed by atoms with Crippen molar-refractivity contribution in [3.8, 4) is 0 Å². The first-order valence-electron chi connectivity index (χ1n) is 7.27. The van der Waals surface area contributed by atoms with Gasteiger partial charge in [-0.3, -0.25) is 9.48 Å². The summed E-state index contributed by atoms with van der Waals surface area (Å²) in [6.45, 7) is 9.23. The molecule has 0 saturated carbocycles. The van der Waals surface area contributed by atoms with E-state index in [1.807, 2.05) is 16.5 Å². The Morgan fingerprint density at radius 3 is 2.80 bits per heavy atom. The number of aromatic nitrogens is 2. The zero-order valence-electron chi connectivity index (χ0n) is 12.0. The monoisotopic (exact) mass is 275 g/mol. The second kappa shape index (κ2) is 5.40. The Morgan fingerprint density at radius 1 is 1.35 bits per heavy atom. The third-order valence-electron chi connectivity index (χ3n) is 3.93. The summed E-state index contributed by atoms with van der Waals surface area (Å²) in [6.07, 6.45) is 3.11. The van der Waals surface area contributed by atoms with E-state index in [0.717, 1.165) is 30.4 Å². The van der Waals surface area contributed by atoms with Gasteiger partial charge in [0.25, 0.3) is 5.91 Å². The maximum absolute atomic E-state index is 12.6. The molecule has 1 amide bonds. The largest absolute Gasteiger partial charge is 0.378 e. The third-order valence-corrected chi connectivity index (χ3v) is 3.93. The fourth-order valence-corrected chi connectivity index (χ4v) is 2.98. The highest BCUT2D eigenvalue weighted by atomic mass is 16.5. The van der Waals surface area contributed by atoms with E-state index in [1.54, 1.807) is 0 Å². The van der Waals surface area contributed by atoms with Gasteiger partial charge in [0.1, 0.15) is 0 Å². The smallest absolute Gasteiger partial charge is 0.274 e. The molecule has 0 bridgehead atoms.